The Hall–Kier alpha value is -6.60. The number of carbonyl (C=O) groups excluding carboxylic acids is 4. The molecule has 6 rings (SSSR count). The van der Waals surface area contributed by atoms with Gasteiger partial charge in [0.05, 0.1) is 36.9 Å². The van der Waals surface area contributed by atoms with Gasteiger partial charge in [0.1, 0.15) is 5.56 Å². The van der Waals surface area contributed by atoms with Gasteiger partial charge in [-0.1, -0.05) is 38.6 Å². The lowest BCUT2D eigenvalue weighted by molar-refractivity contribution is -0.133. The zero-order valence-electron chi connectivity index (χ0n) is 33.0. The zero-order chi connectivity index (χ0) is 41.1. The number of amides is 2. The molecule has 0 saturated heterocycles. The van der Waals surface area contributed by atoms with Gasteiger partial charge in [0.2, 0.25) is 5.91 Å². The quantitative estimate of drug-likeness (QED) is 0.0615. The Bertz CT molecular complexity index is 2560. The SMILES string of the molecule is C=Cc1c(C)c2cc3nc(c(C(=O)OC)c4nc(cc5[nH]c(cc1[nH]2)c(C)c5CC)C(C)=C4C(=O)OC)[C@@H](CCC(=O)N/C=C/c1cccc(C(=O)NO)c1)[C@@H]3C. The van der Waals surface area contributed by atoms with E-state index in [4.69, 9.17) is 24.6 Å². The van der Waals surface area contributed by atoms with Crippen LogP contribution in [0.1, 0.15) is 117 Å². The van der Waals surface area contributed by atoms with E-state index < -0.39 is 23.8 Å². The van der Waals surface area contributed by atoms with Crippen LogP contribution < -0.4 is 10.8 Å². The summed E-state index contributed by atoms with van der Waals surface area (Å²) in [7, 11) is 2.54. The number of nitrogens with zero attached hydrogens (tertiary/aromatic N) is 2. The van der Waals surface area contributed by atoms with Gasteiger partial charge in [-0.05, 0) is 97.8 Å². The highest BCUT2D eigenvalue weighted by molar-refractivity contribution is 6.26. The summed E-state index contributed by atoms with van der Waals surface area (Å²) >= 11 is 0. The van der Waals surface area contributed by atoms with Crippen LogP contribution in [0.3, 0.4) is 0 Å². The molecule has 5 heterocycles. The predicted octanol–water partition coefficient (Wildman–Crippen LogP) is 7.60. The molecule has 0 radical (unpaired) electrons. The highest BCUT2D eigenvalue weighted by Crippen LogP contribution is 2.44. The number of H-pyrrole nitrogens is 2. The number of ether oxygens (including phenoxy) is 2. The number of allylic oxidation sites excluding steroid dienone is 1. The molecule has 57 heavy (non-hydrogen) atoms. The van der Waals surface area contributed by atoms with Gasteiger partial charge >= 0.3 is 11.9 Å². The zero-order valence-corrected chi connectivity index (χ0v) is 33.0. The number of aryl methyl sites for hydroxylation is 3. The van der Waals surface area contributed by atoms with Gasteiger partial charge in [0.25, 0.3) is 5.91 Å². The third kappa shape index (κ3) is 7.66. The predicted molar refractivity (Wildman–Crippen MR) is 219 cm³/mol. The summed E-state index contributed by atoms with van der Waals surface area (Å²) in [5.74, 6) is -3.11. The average Bonchev–Trinajstić information content (AvgIpc) is 3.89. The second kappa shape index (κ2) is 16.6. The van der Waals surface area contributed by atoms with Gasteiger partial charge in [0, 0.05) is 63.3 Å². The first-order valence-corrected chi connectivity index (χ1v) is 18.6. The summed E-state index contributed by atoms with van der Waals surface area (Å²) < 4.78 is 10.6. The minimum Gasteiger partial charge on any atom is -0.465 e. The summed E-state index contributed by atoms with van der Waals surface area (Å²) in [6.07, 6.45) is 5.99. The number of hydroxylamine groups is 1. The van der Waals surface area contributed by atoms with E-state index in [-0.39, 0.29) is 47.1 Å². The molecule has 13 nitrogen and oxygen atoms in total. The van der Waals surface area contributed by atoms with Crippen molar-refractivity contribution in [3.63, 3.8) is 0 Å². The van der Waals surface area contributed by atoms with Crippen LogP contribution in [-0.4, -0.2) is 63.1 Å². The summed E-state index contributed by atoms with van der Waals surface area (Å²) in [5, 5.41) is 11.8. The number of methoxy groups -OCH3 is 2. The normalized spacial score (nSPS) is 15.1. The second-order valence-corrected chi connectivity index (χ2v) is 14.1. The van der Waals surface area contributed by atoms with Crippen molar-refractivity contribution in [1.29, 1.82) is 0 Å². The third-order valence-corrected chi connectivity index (χ3v) is 10.9. The first-order chi connectivity index (χ1) is 27.3. The average molecular weight is 771 g/mol. The van der Waals surface area contributed by atoms with Crippen LogP contribution in [0.15, 0.2) is 55.2 Å². The Labute approximate surface area is 329 Å². The Morgan fingerprint density at radius 1 is 0.930 bits per heavy atom. The minimum absolute atomic E-state index is 0.0168. The highest BCUT2D eigenvalue weighted by Gasteiger charge is 2.38. The summed E-state index contributed by atoms with van der Waals surface area (Å²) in [6, 6.07) is 12.4. The largest absolute Gasteiger partial charge is 0.465 e. The van der Waals surface area contributed by atoms with Crippen LogP contribution in [0.4, 0.5) is 0 Å². The molecule has 0 spiro atoms. The van der Waals surface area contributed by atoms with Crippen molar-refractivity contribution in [2.75, 3.05) is 14.2 Å². The van der Waals surface area contributed by atoms with Crippen LogP contribution in [0.25, 0.3) is 45.4 Å². The van der Waals surface area contributed by atoms with E-state index in [1.807, 2.05) is 32.1 Å². The molecule has 8 bridgehead atoms. The summed E-state index contributed by atoms with van der Waals surface area (Å²) in [4.78, 5) is 69.8. The van der Waals surface area contributed by atoms with E-state index in [0.29, 0.717) is 28.2 Å². The summed E-state index contributed by atoms with van der Waals surface area (Å²) in [6.45, 7) is 14.0. The lowest BCUT2D eigenvalue weighted by Crippen LogP contribution is -2.19. The van der Waals surface area contributed by atoms with Crippen LogP contribution in [-0.2, 0) is 25.5 Å². The Balaban J connectivity index is 1.55. The van der Waals surface area contributed by atoms with Crippen LogP contribution in [0.5, 0.6) is 0 Å². The number of rotatable bonds is 10. The van der Waals surface area contributed by atoms with Gasteiger partial charge < -0.3 is 24.8 Å². The molecule has 0 saturated carbocycles. The first-order valence-electron chi connectivity index (χ1n) is 18.6. The van der Waals surface area contributed by atoms with Crippen LogP contribution in [0.2, 0.25) is 0 Å². The van der Waals surface area contributed by atoms with E-state index in [1.165, 1.54) is 20.4 Å². The molecule has 4 aromatic rings. The number of hydrogen-bond acceptors (Lipinski definition) is 9. The smallest absolute Gasteiger partial charge is 0.341 e. The van der Waals surface area contributed by atoms with E-state index >= 15 is 0 Å². The van der Waals surface area contributed by atoms with Crippen molar-refractivity contribution in [2.24, 2.45) is 0 Å². The van der Waals surface area contributed by atoms with Crippen molar-refractivity contribution in [3.8, 4) is 0 Å². The van der Waals surface area contributed by atoms with E-state index in [0.717, 1.165) is 50.7 Å². The van der Waals surface area contributed by atoms with E-state index in [9.17, 15) is 19.2 Å². The Kier molecular flexibility index (Phi) is 11.7. The van der Waals surface area contributed by atoms with Crippen LogP contribution >= 0.6 is 0 Å². The number of hydrogen-bond donors (Lipinski definition) is 5. The summed E-state index contributed by atoms with van der Waals surface area (Å²) in [5.41, 5.74) is 12.1. The second-order valence-electron chi connectivity index (χ2n) is 14.1. The van der Waals surface area contributed by atoms with Crippen molar-refractivity contribution >= 4 is 69.1 Å². The fourth-order valence-electron chi connectivity index (χ4n) is 7.67. The van der Waals surface area contributed by atoms with Crippen molar-refractivity contribution in [1.82, 2.24) is 30.7 Å². The third-order valence-electron chi connectivity index (χ3n) is 10.9. The van der Waals surface area contributed by atoms with Gasteiger partial charge in [0.15, 0.2) is 0 Å². The van der Waals surface area contributed by atoms with Crippen molar-refractivity contribution < 1.29 is 33.9 Å². The van der Waals surface area contributed by atoms with Gasteiger partial charge in [-0.3, -0.25) is 19.8 Å². The lowest BCUT2D eigenvalue weighted by Gasteiger charge is -2.18. The molecule has 2 aliphatic heterocycles. The Morgan fingerprint density at radius 2 is 1.65 bits per heavy atom. The molecule has 3 aromatic heterocycles. The van der Waals surface area contributed by atoms with Gasteiger partial charge in [-0.2, -0.15) is 0 Å². The van der Waals surface area contributed by atoms with Crippen molar-refractivity contribution in [3.05, 3.63) is 117 Å². The number of carbonyl (C=O) groups is 4. The van der Waals surface area contributed by atoms with Crippen molar-refractivity contribution in [2.45, 2.75) is 65.7 Å². The van der Waals surface area contributed by atoms with E-state index in [1.54, 1.807) is 42.7 Å². The topological polar surface area (TPSA) is 188 Å². The molecule has 1 aromatic carbocycles. The minimum atomic E-state index is -0.735. The maximum Gasteiger partial charge on any atom is 0.341 e. The molecule has 13 heteroatoms. The molecule has 294 valence electrons. The highest BCUT2D eigenvalue weighted by atomic mass is 16.5. The maximum absolute atomic E-state index is 14.0. The number of aromatic amines is 2. The standard InChI is InChI=1S/C44H46N6O7/c1-9-28-22(3)31-19-33-24(5)30(14-15-37(51)45-17-16-26-12-11-13-27(18-26)42(52)50-55)40(48-33)39(44(54)57-8)41-38(43(53)56-7)25(6)34(49-41)21-36-29(10-2)23(4)32(47-36)20-35(28)46-31/h9,11-13,16-21,24,30,46-47,55H,1,10,14-15H2,2-8H3,(H,45,51)(H,50,52)/b17-16+,31-19?,32-20?,33-19?,34-21?,35-20?,36-21?,40-39?,41-39?/t24-,30-/m0/s1. The molecule has 0 fully saturated rings. The Morgan fingerprint density at radius 3 is 2.33 bits per heavy atom. The molecule has 2 atom stereocenters. The molecular formula is C44H46N6O7. The lowest BCUT2D eigenvalue weighted by atomic mass is 9.85. The number of nitrogens with one attached hydrogen (secondary N) is 4. The van der Waals surface area contributed by atoms with Gasteiger partial charge in [-0.25, -0.2) is 20.1 Å². The maximum atomic E-state index is 14.0. The fourth-order valence-corrected chi connectivity index (χ4v) is 7.67. The number of aromatic nitrogens is 4. The fraction of sp³-hybridized carbons (Fsp3) is 0.273. The van der Waals surface area contributed by atoms with E-state index in [2.05, 4.69) is 41.8 Å². The number of benzene rings is 1. The molecule has 0 unspecified atom stereocenters. The molecule has 0 aliphatic carbocycles. The molecule has 2 aliphatic rings. The molecule has 2 amide bonds. The molecule has 5 N–H and O–H groups in total. The molecular weight excluding hydrogens is 725 g/mol. The van der Waals surface area contributed by atoms with Crippen LogP contribution in [0, 0.1) is 13.8 Å². The van der Waals surface area contributed by atoms with Gasteiger partial charge in [-0.15, -0.1) is 0 Å². The first kappa shape index (κ1) is 40.1. The number of fused-ring (bicyclic) bond motifs is 8. The monoisotopic (exact) mass is 770 g/mol. The number of esters is 2.